The smallest absolute Gasteiger partial charge is 0.00966 e. The Balaban J connectivity index is 1.79. The third-order valence-electron chi connectivity index (χ3n) is 3.59. The van der Waals surface area contributed by atoms with E-state index >= 15 is 0 Å². The van der Waals surface area contributed by atoms with Gasteiger partial charge in [-0.15, -0.1) is 11.8 Å². The van der Waals surface area contributed by atoms with Crippen molar-refractivity contribution in [2.24, 2.45) is 5.92 Å². The predicted molar refractivity (Wildman–Crippen MR) is 86.1 cm³/mol. The molecule has 0 saturated heterocycles. The summed E-state index contributed by atoms with van der Waals surface area (Å²) in [7, 11) is 0. The van der Waals surface area contributed by atoms with Crippen LogP contribution in [0.3, 0.4) is 0 Å². The minimum atomic E-state index is 0.229. The summed E-state index contributed by atoms with van der Waals surface area (Å²) < 4.78 is 0. The second-order valence-corrected chi connectivity index (χ2v) is 7.92. The Labute approximate surface area is 122 Å². The first-order valence-corrected chi connectivity index (χ1v) is 8.42. The van der Waals surface area contributed by atoms with Gasteiger partial charge in [0.1, 0.15) is 0 Å². The van der Waals surface area contributed by atoms with Crippen molar-refractivity contribution in [2.45, 2.75) is 57.4 Å². The first kappa shape index (κ1) is 14.9. The van der Waals surface area contributed by atoms with Crippen molar-refractivity contribution in [1.29, 1.82) is 0 Å². The zero-order valence-electron chi connectivity index (χ0n) is 12.8. The van der Waals surface area contributed by atoms with Gasteiger partial charge in [-0.2, -0.15) is 0 Å². The summed E-state index contributed by atoms with van der Waals surface area (Å²) in [6, 6.07) is 7.05. The van der Waals surface area contributed by atoms with E-state index in [4.69, 9.17) is 0 Å². The predicted octanol–water partition coefficient (Wildman–Crippen LogP) is 4.29. The monoisotopic (exact) mass is 277 g/mol. The number of benzene rings is 1. The summed E-state index contributed by atoms with van der Waals surface area (Å²) in [4.78, 5) is 1.45. The van der Waals surface area contributed by atoms with Crippen LogP contribution in [-0.2, 0) is 12.8 Å². The van der Waals surface area contributed by atoms with Crippen LogP contribution in [0.4, 0.5) is 0 Å². The highest BCUT2D eigenvalue weighted by atomic mass is 32.2. The molecule has 2 rings (SSSR count). The lowest BCUT2D eigenvalue weighted by Crippen LogP contribution is -2.39. The van der Waals surface area contributed by atoms with Gasteiger partial charge in [0.05, 0.1) is 0 Å². The van der Waals surface area contributed by atoms with Crippen molar-refractivity contribution in [2.75, 3.05) is 12.3 Å². The van der Waals surface area contributed by atoms with Gasteiger partial charge in [0.25, 0.3) is 0 Å². The molecule has 0 fully saturated rings. The second-order valence-electron chi connectivity index (χ2n) is 6.83. The average molecular weight is 277 g/mol. The summed E-state index contributed by atoms with van der Waals surface area (Å²) in [5.74, 6) is 1.90. The van der Waals surface area contributed by atoms with Crippen molar-refractivity contribution in [3.63, 3.8) is 0 Å². The van der Waals surface area contributed by atoms with Crippen molar-refractivity contribution < 1.29 is 0 Å². The molecule has 0 saturated carbocycles. The highest BCUT2D eigenvalue weighted by molar-refractivity contribution is 7.99. The molecule has 1 aromatic rings. The highest BCUT2D eigenvalue weighted by Gasteiger charge is 2.13. The molecule has 1 aromatic carbocycles. The largest absolute Gasteiger partial charge is 0.312 e. The van der Waals surface area contributed by atoms with E-state index < -0.39 is 0 Å². The van der Waals surface area contributed by atoms with E-state index in [0.29, 0.717) is 5.92 Å². The van der Waals surface area contributed by atoms with Crippen LogP contribution >= 0.6 is 11.8 Å². The van der Waals surface area contributed by atoms with Crippen LogP contribution in [0.2, 0.25) is 0 Å². The number of thioether (sulfide) groups is 1. The lowest BCUT2D eigenvalue weighted by Gasteiger charge is -2.23. The summed E-state index contributed by atoms with van der Waals surface area (Å²) in [6.07, 6.45) is 3.91. The molecule has 0 heterocycles. The van der Waals surface area contributed by atoms with E-state index in [2.05, 4.69) is 51.2 Å². The summed E-state index contributed by atoms with van der Waals surface area (Å²) in [5.41, 5.74) is 3.39. The second kappa shape index (κ2) is 6.32. The van der Waals surface area contributed by atoms with Gasteiger partial charge in [-0.3, -0.25) is 0 Å². The Morgan fingerprint density at radius 2 is 1.95 bits per heavy atom. The highest BCUT2D eigenvalue weighted by Crippen LogP contribution is 2.28. The maximum Gasteiger partial charge on any atom is 0.00966 e. The Morgan fingerprint density at radius 1 is 1.21 bits per heavy atom. The molecule has 0 spiro atoms. The van der Waals surface area contributed by atoms with Crippen molar-refractivity contribution in [3.8, 4) is 0 Å². The van der Waals surface area contributed by atoms with Crippen LogP contribution in [0.15, 0.2) is 23.1 Å². The van der Waals surface area contributed by atoms with E-state index in [-0.39, 0.29) is 5.54 Å². The average Bonchev–Trinajstić information content (AvgIpc) is 2.80. The minimum Gasteiger partial charge on any atom is -0.312 e. The molecule has 1 aliphatic rings. The molecule has 1 atom stereocenters. The number of aryl methyl sites for hydroxylation is 2. The fourth-order valence-corrected chi connectivity index (χ4v) is 3.40. The molecule has 2 heteroatoms. The molecule has 106 valence electrons. The molecule has 0 amide bonds. The first-order valence-electron chi connectivity index (χ1n) is 7.44. The van der Waals surface area contributed by atoms with Gasteiger partial charge in [-0.05, 0) is 75.8 Å². The van der Waals surface area contributed by atoms with Gasteiger partial charge >= 0.3 is 0 Å². The van der Waals surface area contributed by atoms with Gasteiger partial charge in [0.15, 0.2) is 0 Å². The lowest BCUT2D eigenvalue weighted by molar-refractivity contribution is 0.395. The maximum atomic E-state index is 3.59. The van der Waals surface area contributed by atoms with Crippen LogP contribution < -0.4 is 5.32 Å². The van der Waals surface area contributed by atoms with Crippen LogP contribution in [0.5, 0.6) is 0 Å². The fourth-order valence-electron chi connectivity index (χ4n) is 2.42. The number of rotatable bonds is 5. The molecule has 1 N–H and O–H groups in total. The van der Waals surface area contributed by atoms with E-state index in [9.17, 15) is 0 Å². The van der Waals surface area contributed by atoms with Gasteiger partial charge in [-0.25, -0.2) is 0 Å². The van der Waals surface area contributed by atoms with Crippen LogP contribution in [0, 0.1) is 5.92 Å². The summed E-state index contributed by atoms with van der Waals surface area (Å²) in [5, 5.41) is 3.59. The molecule has 0 radical (unpaired) electrons. The van der Waals surface area contributed by atoms with Gasteiger partial charge in [-0.1, -0.05) is 13.0 Å². The van der Waals surface area contributed by atoms with Crippen molar-refractivity contribution in [3.05, 3.63) is 29.3 Å². The van der Waals surface area contributed by atoms with Gasteiger partial charge in [0.2, 0.25) is 0 Å². The third-order valence-corrected chi connectivity index (χ3v) is 4.91. The number of hydrogen-bond donors (Lipinski definition) is 1. The topological polar surface area (TPSA) is 12.0 Å². The fraction of sp³-hybridized carbons (Fsp3) is 0.647. The molecule has 1 unspecified atom stereocenters. The quantitative estimate of drug-likeness (QED) is 0.806. The van der Waals surface area contributed by atoms with Crippen LogP contribution in [-0.4, -0.2) is 17.8 Å². The van der Waals surface area contributed by atoms with E-state index in [1.54, 1.807) is 11.1 Å². The molecule has 0 bridgehead atoms. The van der Waals surface area contributed by atoms with Gasteiger partial charge < -0.3 is 5.32 Å². The third kappa shape index (κ3) is 4.85. The SMILES string of the molecule is CC(CNC(C)(C)C)CSc1ccc2c(c1)CCC2. The summed E-state index contributed by atoms with van der Waals surface area (Å²) >= 11 is 2.01. The van der Waals surface area contributed by atoms with E-state index in [1.807, 2.05) is 11.8 Å². The van der Waals surface area contributed by atoms with Crippen LogP contribution in [0.25, 0.3) is 0 Å². The first-order chi connectivity index (χ1) is 8.94. The number of hydrogen-bond acceptors (Lipinski definition) is 2. The van der Waals surface area contributed by atoms with Crippen molar-refractivity contribution in [1.82, 2.24) is 5.32 Å². The van der Waals surface area contributed by atoms with E-state index in [0.717, 1.165) is 6.54 Å². The van der Waals surface area contributed by atoms with Gasteiger partial charge in [0, 0.05) is 16.2 Å². The molecule has 19 heavy (non-hydrogen) atoms. The van der Waals surface area contributed by atoms with Crippen molar-refractivity contribution >= 4 is 11.8 Å². The molecular formula is C17H27NS. The number of fused-ring (bicyclic) bond motifs is 1. The normalized spacial score (nSPS) is 16.4. The molecular weight excluding hydrogens is 250 g/mol. The Bertz CT molecular complexity index is 420. The minimum absolute atomic E-state index is 0.229. The maximum absolute atomic E-state index is 3.59. The zero-order valence-corrected chi connectivity index (χ0v) is 13.6. The Hall–Kier alpha value is -0.470. The lowest BCUT2D eigenvalue weighted by atomic mass is 10.1. The Morgan fingerprint density at radius 3 is 2.68 bits per heavy atom. The van der Waals surface area contributed by atoms with E-state index in [1.165, 1.54) is 29.9 Å². The molecule has 1 nitrogen and oxygen atoms in total. The molecule has 1 aliphatic carbocycles. The number of nitrogens with one attached hydrogen (secondary N) is 1. The van der Waals surface area contributed by atoms with Crippen LogP contribution in [0.1, 0.15) is 45.2 Å². The standard InChI is InChI=1S/C17H27NS/c1-13(11-18-17(2,3)4)12-19-16-9-8-14-6-5-7-15(14)10-16/h8-10,13,18H,5-7,11-12H2,1-4H3. The summed E-state index contributed by atoms with van der Waals surface area (Å²) in [6.45, 7) is 10.1. The zero-order chi connectivity index (χ0) is 13.9. The molecule has 0 aromatic heterocycles. The Kier molecular flexibility index (Phi) is 4.97. The molecule has 0 aliphatic heterocycles.